The maximum Gasteiger partial charge on any atom is 0.323 e. The van der Waals surface area contributed by atoms with E-state index in [4.69, 9.17) is 18.9 Å². The summed E-state index contributed by atoms with van der Waals surface area (Å²) in [6.07, 6.45) is 0. The largest absolute Gasteiger partial charge is 0.465 e. The molecule has 0 aliphatic rings. The van der Waals surface area contributed by atoms with Gasteiger partial charge < -0.3 is 18.9 Å². The van der Waals surface area contributed by atoms with Crippen molar-refractivity contribution in [2.45, 2.75) is 53.6 Å². The van der Waals surface area contributed by atoms with Crippen LogP contribution in [-0.2, 0) is 38.1 Å². The van der Waals surface area contributed by atoms with Crippen LogP contribution in [0.25, 0.3) is 0 Å². The molecule has 0 fully saturated rings. The van der Waals surface area contributed by atoms with E-state index in [1.165, 1.54) is 0 Å². The van der Waals surface area contributed by atoms with E-state index in [9.17, 15) is 19.2 Å². The van der Waals surface area contributed by atoms with Crippen LogP contribution in [0.1, 0.15) is 41.5 Å². The summed E-state index contributed by atoms with van der Waals surface area (Å²) in [6.45, 7) is 11.1. The average Bonchev–Trinajstić information content (AvgIpc) is 2.69. The van der Waals surface area contributed by atoms with Gasteiger partial charge in [0.2, 0.25) is 0 Å². The fourth-order valence-corrected chi connectivity index (χ4v) is 2.64. The number of ether oxygens (including phenoxy) is 4. The Balaban J connectivity index is 5.37. The van der Waals surface area contributed by atoms with Gasteiger partial charge in [0.15, 0.2) is 0 Å². The third-order valence-electron chi connectivity index (χ3n) is 4.30. The lowest BCUT2D eigenvalue weighted by atomic mass is 10.2. The first-order chi connectivity index (χ1) is 14.2. The average molecular weight is 433 g/mol. The summed E-state index contributed by atoms with van der Waals surface area (Å²) >= 11 is 0. The Kier molecular flexibility index (Phi) is 14.5. The van der Waals surface area contributed by atoms with E-state index in [0.717, 1.165) is 0 Å². The Labute approximate surface area is 178 Å². The summed E-state index contributed by atoms with van der Waals surface area (Å²) in [5.74, 6) is -1.91. The number of hydrogen-bond acceptors (Lipinski definition) is 10. The number of rotatable bonds is 15. The fourth-order valence-electron chi connectivity index (χ4n) is 2.64. The van der Waals surface area contributed by atoms with Crippen LogP contribution in [-0.4, -0.2) is 98.4 Å². The van der Waals surface area contributed by atoms with Gasteiger partial charge in [0.25, 0.3) is 0 Å². The number of carbonyl (C=O) groups is 4. The Morgan fingerprint density at radius 1 is 0.600 bits per heavy atom. The van der Waals surface area contributed by atoms with Gasteiger partial charge >= 0.3 is 23.9 Å². The molecule has 0 saturated carbocycles. The third-order valence-corrected chi connectivity index (χ3v) is 4.30. The number of hydrogen-bond donors (Lipinski definition) is 0. The van der Waals surface area contributed by atoms with E-state index in [1.807, 2.05) is 0 Å². The van der Waals surface area contributed by atoms with Crippen LogP contribution < -0.4 is 0 Å². The third kappa shape index (κ3) is 10.5. The molecule has 0 aromatic heterocycles. The number of esters is 4. The van der Waals surface area contributed by atoms with Crippen LogP contribution >= 0.6 is 0 Å². The zero-order valence-corrected chi connectivity index (χ0v) is 19.0. The number of nitrogens with zero attached hydrogens (tertiary/aromatic N) is 2. The first-order valence-corrected chi connectivity index (χ1v) is 10.3. The molecule has 0 aromatic rings. The molecule has 0 aliphatic heterocycles. The Hall–Kier alpha value is -2.20. The Morgan fingerprint density at radius 2 is 0.900 bits per heavy atom. The van der Waals surface area contributed by atoms with Crippen LogP contribution in [0.5, 0.6) is 0 Å². The van der Waals surface area contributed by atoms with Gasteiger partial charge in [0.05, 0.1) is 39.5 Å². The molecule has 0 rings (SSSR count). The molecule has 0 aromatic carbocycles. The molecule has 0 saturated heterocycles. The molecule has 0 aliphatic carbocycles. The molecule has 174 valence electrons. The molecular weight excluding hydrogens is 396 g/mol. The van der Waals surface area contributed by atoms with E-state index in [-0.39, 0.29) is 52.6 Å². The molecule has 0 radical (unpaired) electrons. The van der Waals surface area contributed by atoms with Gasteiger partial charge in [0.1, 0.15) is 12.1 Å². The maximum atomic E-state index is 12.2. The summed E-state index contributed by atoms with van der Waals surface area (Å²) in [5.41, 5.74) is 0. The van der Waals surface area contributed by atoms with Gasteiger partial charge in [0, 0.05) is 13.1 Å². The van der Waals surface area contributed by atoms with Crippen molar-refractivity contribution in [1.29, 1.82) is 0 Å². The van der Waals surface area contributed by atoms with Crippen molar-refractivity contribution in [2.24, 2.45) is 0 Å². The predicted octanol–water partition coefficient (Wildman–Crippen LogP) is 0.620. The molecule has 0 N–H and O–H groups in total. The molecule has 10 nitrogen and oxygen atoms in total. The Bertz CT molecular complexity index is 507. The maximum absolute atomic E-state index is 12.2. The van der Waals surface area contributed by atoms with E-state index < -0.39 is 36.0 Å². The van der Waals surface area contributed by atoms with Gasteiger partial charge in [-0.05, 0) is 41.5 Å². The number of carbonyl (C=O) groups excluding carboxylic acids is 4. The summed E-state index contributed by atoms with van der Waals surface area (Å²) in [6, 6.07) is -1.42. The zero-order valence-electron chi connectivity index (χ0n) is 19.0. The summed E-state index contributed by atoms with van der Waals surface area (Å²) in [7, 11) is 0. The topological polar surface area (TPSA) is 112 Å². The quantitative estimate of drug-likeness (QED) is 0.270. The van der Waals surface area contributed by atoms with Gasteiger partial charge in [-0.25, -0.2) is 0 Å². The predicted molar refractivity (Wildman–Crippen MR) is 109 cm³/mol. The molecule has 0 unspecified atom stereocenters. The van der Waals surface area contributed by atoms with Crippen molar-refractivity contribution >= 4 is 23.9 Å². The lowest BCUT2D eigenvalue weighted by molar-refractivity contribution is -0.156. The van der Waals surface area contributed by atoms with E-state index >= 15 is 0 Å². The summed E-state index contributed by atoms with van der Waals surface area (Å²) in [4.78, 5) is 51.5. The first kappa shape index (κ1) is 27.8. The highest BCUT2D eigenvalue weighted by molar-refractivity contribution is 5.78. The first-order valence-electron chi connectivity index (χ1n) is 10.3. The molecule has 0 amide bonds. The second kappa shape index (κ2) is 15.6. The molecule has 0 heterocycles. The molecule has 30 heavy (non-hydrogen) atoms. The minimum absolute atomic E-state index is 0.130. The molecule has 2 atom stereocenters. The van der Waals surface area contributed by atoms with Crippen molar-refractivity contribution in [2.75, 3.05) is 52.6 Å². The van der Waals surface area contributed by atoms with Crippen molar-refractivity contribution in [3.63, 3.8) is 0 Å². The zero-order chi connectivity index (χ0) is 23.1. The molecule has 0 bridgehead atoms. The molecular formula is C20H36N2O8. The second-order valence-electron chi connectivity index (χ2n) is 6.41. The van der Waals surface area contributed by atoms with Crippen molar-refractivity contribution in [1.82, 2.24) is 9.80 Å². The monoisotopic (exact) mass is 432 g/mol. The van der Waals surface area contributed by atoms with E-state index in [0.29, 0.717) is 0 Å². The summed E-state index contributed by atoms with van der Waals surface area (Å²) < 4.78 is 20.1. The Morgan fingerprint density at radius 3 is 1.17 bits per heavy atom. The lowest BCUT2D eigenvalue weighted by Gasteiger charge is -2.31. The van der Waals surface area contributed by atoms with Crippen molar-refractivity contribution in [3.05, 3.63) is 0 Å². The molecule has 10 heteroatoms. The van der Waals surface area contributed by atoms with Gasteiger partial charge in [-0.1, -0.05) is 0 Å². The fraction of sp³-hybridized carbons (Fsp3) is 0.800. The van der Waals surface area contributed by atoms with Gasteiger partial charge in [-0.3, -0.25) is 29.0 Å². The minimum atomic E-state index is -0.711. The minimum Gasteiger partial charge on any atom is -0.465 e. The van der Waals surface area contributed by atoms with Crippen molar-refractivity contribution in [3.8, 4) is 0 Å². The van der Waals surface area contributed by atoms with Crippen LogP contribution in [0.15, 0.2) is 0 Å². The van der Waals surface area contributed by atoms with Crippen molar-refractivity contribution < 1.29 is 38.1 Å². The van der Waals surface area contributed by atoms with Crippen LogP contribution in [0.4, 0.5) is 0 Å². The smallest absolute Gasteiger partial charge is 0.323 e. The highest BCUT2D eigenvalue weighted by Gasteiger charge is 2.29. The van der Waals surface area contributed by atoms with Gasteiger partial charge in [-0.15, -0.1) is 0 Å². The van der Waals surface area contributed by atoms with Gasteiger partial charge in [-0.2, -0.15) is 0 Å². The van der Waals surface area contributed by atoms with Crippen LogP contribution in [0.2, 0.25) is 0 Å². The second-order valence-corrected chi connectivity index (χ2v) is 6.41. The SMILES string of the molecule is CCOC(=O)CN(CCN(CC(=O)OCC)[C@@H](C)C(=O)OCC)[C@@H](C)C(=O)OCC. The standard InChI is InChI=1S/C20H36N2O8/c1-7-27-17(23)13-21(15(5)19(25)29-9-3)11-12-22(14-18(24)28-8-2)16(6)20(26)30-10-4/h15-16H,7-14H2,1-6H3/t15-,16-/m0/s1. The lowest BCUT2D eigenvalue weighted by Crippen LogP contribution is -2.50. The van der Waals surface area contributed by atoms with Crippen LogP contribution in [0, 0.1) is 0 Å². The summed E-state index contributed by atoms with van der Waals surface area (Å²) in [5, 5.41) is 0. The van der Waals surface area contributed by atoms with E-state index in [1.54, 1.807) is 51.3 Å². The highest BCUT2D eigenvalue weighted by Crippen LogP contribution is 2.07. The van der Waals surface area contributed by atoms with E-state index in [2.05, 4.69) is 0 Å². The normalized spacial score (nSPS) is 12.9. The van der Waals surface area contributed by atoms with Crippen LogP contribution in [0.3, 0.4) is 0 Å². The molecule has 0 spiro atoms. The highest BCUT2D eigenvalue weighted by atomic mass is 16.5.